The standard InChI is InChI=1S/C16H17N3O4S/c1-2-7-17-12-3-6-16(18-11-12)19-24(20,21)13-4-5-14-15(10-13)23-9-8-22-14/h2-6,10-11,17H,1,7-9H2,(H,18,19). The van der Waals surface area contributed by atoms with Gasteiger partial charge in [0.15, 0.2) is 11.5 Å². The Kier molecular flexibility index (Phi) is 4.57. The molecule has 1 aromatic heterocycles. The molecule has 0 amide bonds. The highest BCUT2D eigenvalue weighted by atomic mass is 32.2. The number of nitrogens with one attached hydrogen (secondary N) is 2. The molecule has 1 aromatic carbocycles. The molecule has 0 bridgehead atoms. The third kappa shape index (κ3) is 3.60. The normalized spacial score (nSPS) is 13.2. The number of ether oxygens (including phenoxy) is 2. The van der Waals surface area contributed by atoms with E-state index >= 15 is 0 Å². The lowest BCUT2D eigenvalue weighted by Gasteiger charge is -2.19. The fourth-order valence-electron chi connectivity index (χ4n) is 2.14. The van der Waals surface area contributed by atoms with Crippen LogP contribution in [0.5, 0.6) is 11.5 Å². The molecule has 0 unspecified atom stereocenters. The van der Waals surface area contributed by atoms with Crippen molar-refractivity contribution in [3.8, 4) is 11.5 Å². The van der Waals surface area contributed by atoms with E-state index in [4.69, 9.17) is 9.47 Å². The zero-order chi connectivity index (χ0) is 17.0. The van der Waals surface area contributed by atoms with Crippen molar-refractivity contribution in [2.24, 2.45) is 0 Å². The average molecular weight is 347 g/mol. The van der Waals surface area contributed by atoms with Crippen LogP contribution in [0, 0.1) is 0 Å². The summed E-state index contributed by atoms with van der Waals surface area (Å²) >= 11 is 0. The van der Waals surface area contributed by atoms with E-state index in [0.717, 1.165) is 5.69 Å². The van der Waals surface area contributed by atoms with Crippen molar-refractivity contribution in [3.63, 3.8) is 0 Å². The van der Waals surface area contributed by atoms with Crippen molar-refractivity contribution in [2.75, 3.05) is 29.8 Å². The van der Waals surface area contributed by atoms with Crippen LogP contribution in [0.4, 0.5) is 11.5 Å². The summed E-state index contributed by atoms with van der Waals surface area (Å²) in [5.41, 5.74) is 0.775. The molecule has 8 heteroatoms. The van der Waals surface area contributed by atoms with Crippen LogP contribution in [0.3, 0.4) is 0 Å². The highest BCUT2D eigenvalue weighted by molar-refractivity contribution is 7.92. The molecule has 0 fully saturated rings. The molecule has 126 valence electrons. The number of hydrogen-bond donors (Lipinski definition) is 2. The maximum absolute atomic E-state index is 12.5. The Hall–Kier alpha value is -2.74. The van der Waals surface area contributed by atoms with Crippen molar-refractivity contribution in [1.29, 1.82) is 0 Å². The van der Waals surface area contributed by atoms with Crippen LogP contribution < -0.4 is 19.5 Å². The lowest BCUT2D eigenvalue weighted by Crippen LogP contribution is -2.17. The van der Waals surface area contributed by atoms with Gasteiger partial charge in [0.05, 0.1) is 16.8 Å². The molecule has 3 rings (SSSR count). The van der Waals surface area contributed by atoms with Gasteiger partial charge >= 0.3 is 0 Å². The Balaban J connectivity index is 1.77. The number of sulfonamides is 1. The van der Waals surface area contributed by atoms with E-state index < -0.39 is 10.0 Å². The Morgan fingerprint density at radius 3 is 2.67 bits per heavy atom. The first-order chi connectivity index (χ1) is 11.6. The molecule has 0 saturated carbocycles. The fraction of sp³-hybridized carbons (Fsp3) is 0.188. The van der Waals surface area contributed by atoms with E-state index in [-0.39, 0.29) is 10.7 Å². The summed E-state index contributed by atoms with van der Waals surface area (Å²) in [5, 5.41) is 3.06. The molecule has 2 aromatic rings. The van der Waals surface area contributed by atoms with Crippen LogP contribution >= 0.6 is 0 Å². The average Bonchev–Trinajstić information content (AvgIpc) is 2.60. The zero-order valence-electron chi connectivity index (χ0n) is 12.9. The molecule has 0 aliphatic carbocycles. The van der Waals surface area contributed by atoms with Gasteiger partial charge in [-0.2, -0.15) is 0 Å². The molecule has 0 atom stereocenters. The van der Waals surface area contributed by atoms with Gasteiger partial charge in [-0.15, -0.1) is 6.58 Å². The summed E-state index contributed by atoms with van der Waals surface area (Å²) < 4.78 is 38.2. The van der Waals surface area contributed by atoms with Crippen LogP contribution in [0.15, 0.2) is 54.1 Å². The first kappa shape index (κ1) is 16.1. The molecule has 2 heterocycles. The number of pyridine rings is 1. The predicted molar refractivity (Wildman–Crippen MR) is 91.2 cm³/mol. The first-order valence-electron chi connectivity index (χ1n) is 7.32. The summed E-state index contributed by atoms with van der Waals surface area (Å²) in [6.45, 7) is 5.06. The van der Waals surface area contributed by atoms with E-state index in [2.05, 4.69) is 21.6 Å². The maximum atomic E-state index is 12.5. The lowest BCUT2D eigenvalue weighted by molar-refractivity contribution is 0.171. The summed E-state index contributed by atoms with van der Waals surface area (Å²) in [5.74, 6) is 1.19. The van der Waals surface area contributed by atoms with E-state index in [9.17, 15) is 8.42 Å². The van der Waals surface area contributed by atoms with E-state index in [1.165, 1.54) is 12.1 Å². The number of anilines is 2. The predicted octanol–water partition coefficient (Wildman–Crippen LogP) is 2.25. The Morgan fingerprint density at radius 1 is 1.17 bits per heavy atom. The van der Waals surface area contributed by atoms with Gasteiger partial charge in [0, 0.05) is 12.6 Å². The Bertz CT molecular complexity index is 835. The van der Waals surface area contributed by atoms with Crippen LogP contribution in [0.2, 0.25) is 0 Å². The van der Waals surface area contributed by atoms with Crippen molar-refractivity contribution in [3.05, 3.63) is 49.2 Å². The monoisotopic (exact) mass is 347 g/mol. The number of fused-ring (bicyclic) bond motifs is 1. The molecule has 1 aliphatic heterocycles. The Morgan fingerprint density at radius 2 is 1.96 bits per heavy atom. The van der Waals surface area contributed by atoms with Crippen LogP contribution in [-0.4, -0.2) is 33.2 Å². The first-order valence-corrected chi connectivity index (χ1v) is 8.80. The van der Waals surface area contributed by atoms with Crippen LogP contribution in [0.1, 0.15) is 0 Å². The van der Waals surface area contributed by atoms with Crippen molar-refractivity contribution >= 4 is 21.5 Å². The van der Waals surface area contributed by atoms with E-state index in [0.29, 0.717) is 31.3 Å². The molecule has 2 N–H and O–H groups in total. The summed E-state index contributed by atoms with van der Waals surface area (Å²) in [7, 11) is -3.76. The van der Waals surface area contributed by atoms with Gasteiger partial charge in [-0.1, -0.05) is 6.08 Å². The third-order valence-electron chi connectivity index (χ3n) is 3.28. The number of nitrogens with zero attached hydrogens (tertiary/aromatic N) is 1. The van der Waals surface area contributed by atoms with E-state index in [1.54, 1.807) is 30.5 Å². The summed E-state index contributed by atoms with van der Waals surface area (Å²) in [6.07, 6.45) is 3.27. The molecular formula is C16H17N3O4S. The van der Waals surface area contributed by atoms with Crippen molar-refractivity contribution in [2.45, 2.75) is 4.90 Å². The van der Waals surface area contributed by atoms with Crippen LogP contribution in [0.25, 0.3) is 0 Å². The topological polar surface area (TPSA) is 89.5 Å². The summed E-state index contributed by atoms with van der Waals surface area (Å²) in [6, 6.07) is 7.81. The second-order valence-corrected chi connectivity index (χ2v) is 6.70. The molecule has 24 heavy (non-hydrogen) atoms. The Labute approximate surface area is 140 Å². The third-order valence-corrected chi connectivity index (χ3v) is 4.63. The smallest absolute Gasteiger partial charge is 0.263 e. The second kappa shape index (κ2) is 6.79. The SMILES string of the molecule is C=CCNc1ccc(NS(=O)(=O)c2ccc3c(c2)OCCO3)nc1. The molecule has 0 saturated heterocycles. The quantitative estimate of drug-likeness (QED) is 0.779. The minimum Gasteiger partial charge on any atom is -0.486 e. The van der Waals surface area contributed by atoms with Gasteiger partial charge in [0.25, 0.3) is 10.0 Å². The van der Waals surface area contributed by atoms with Gasteiger partial charge in [-0.05, 0) is 24.3 Å². The summed E-state index contributed by atoms with van der Waals surface area (Å²) in [4.78, 5) is 4.17. The van der Waals surface area contributed by atoms with Gasteiger partial charge in [0.1, 0.15) is 19.0 Å². The largest absolute Gasteiger partial charge is 0.486 e. The maximum Gasteiger partial charge on any atom is 0.263 e. The molecule has 0 radical (unpaired) electrons. The molecule has 0 spiro atoms. The molecule has 1 aliphatic rings. The minimum absolute atomic E-state index is 0.0856. The highest BCUT2D eigenvalue weighted by Gasteiger charge is 2.19. The number of hydrogen-bond acceptors (Lipinski definition) is 6. The zero-order valence-corrected chi connectivity index (χ0v) is 13.7. The van der Waals surface area contributed by atoms with Crippen molar-refractivity contribution in [1.82, 2.24) is 4.98 Å². The highest BCUT2D eigenvalue weighted by Crippen LogP contribution is 2.32. The van der Waals surface area contributed by atoms with Gasteiger partial charge < -0.3 is 14.8 Å². The minimum atomic E-state index is -3.76. The van der Waals surface area contributed by atoms with Gasteiger partial charge in [0.2, 0.25) is 0 Å². The number of benzene rings is 1. The second-order valence-electron chi connectivity index (χ2n) is 5.01. The van der Waals surface area contributed by atoms with Gasteiger partial charge in [-0.3, -0.25) is 4.72 Å². The number of aromatic nitrogens is 1. The van der Waals surface area contributed by atoms with E-state index in [1.807, 2.05) is 0 Å². The molecule has 7 nitrogen and oxygen atoms in total. The fourth-order valence-corrected chi connectivity index (χ4v) is 3.16. The lowest BCUT2D eigenvalue weighted by atomic mass is 10.3. The van der Waals surface area contributed by atoms with Gasteiger partial charge in [-0.25, -0.2) is 13.4 Å². The number of rotatable bonds is 6. The molecular weight excluding hydrogens is 330 g/mol. The van der Waals surface area contributed by atoms with Crippen LogP contribution in [-0.2, 0) is 10.0 Å². The van der Waals surface area contributed by atoms with Crippen molar-refractivity contribution < 1.29 is 17.9 Å².